The maximum Gasteiger partial charge on any atom is 0.246 e. The van der Waals surface area contributed by atoms with E-state index in [-0.39, 0.29) is 24.1 Å². The monoisotopic (exact) mass is 796 g/mol. The minimum Gasteiger partial charge on any atom is -0.493 e. The Morgan fingerprint density at radius 2 is 1.50 bits per heavy atom. The van der Waals surface area contributed by atoms with Gasteiger partial charge in [-0.2, -0.15) is 0 Å². The van der Waals surface area contributed by atoms with Crippen LogP contribution in [0.15, 0.2) is 109 Å². The van der Waals surface area contributed by atoms with Crippen molar-refractivity contribution >= 4 is 45.9 Å². The SMILES string of the molecule is COc1cc(C=CC(=O)N2CCN(Cc3ccc(CCOc4ccc(F)cc4)cc3)CC2)cc(OC)c1Oc1ccc(OCc2ccc3ncsc3c2)cn1.Cl. The summed E-state index contributed by atoms with van der Waals surface area (Å²) in [6, 6.07) is 27.8. The van der Waals surface area contributed by atoms with Gasteiger partial charge in [0.1, 0.15) is 23.9 Å². The highest BCUT2D eigenvalue weighted by molar-refractivity contribution is 7.16. The molecule has 0 saturated carbocycles. The molecule has 1 saturated heterocycles. The molecule has 0 aliphatic carbocycles. The molecule has 13 heteroatoms. The summed E-state index contributed by atoms with van der Waals surface area (Å²) in [6.07, 6.45) is 5.71. The van der Waals surface area contributed by atoms with Crippen molar-refractivity contribution in [2.75, 3.05) is 47.0 Å². The molecule has 0 atom stereocenters. The van der Waals surface area contributed by atoms with E-state index in [1.54, 1.807) is 80.3 Å². The minimum atomic E-state index is -0.276. The van der Waals surface area contributed by atoms with Crippen LogP contribution in [0.5, 0.6) is 34.6 Å². The smallest absolute Gasteiger partial charge is 0.246 e. The number of halogens is 2. The molecule has 56 heavy (non-hydrogen) atoms. The number of carbonyl (C=O) groups excluding carboxylic acids is 1. The number of hydrogen-bond acceptors (Lipinski definition) is 10. The number of ether oxygens (including phenoxy) is 5. The third kappa shape index (κ3) is 10.5. The molecule has 4 aromatic carbocycles. The second-order valence-electron chi connectivity index (χ2n) is 12.9. The Morgan fingerprint density at radius 1 is 0.804 bits per heavy atom. The molecule has 0 N–H and O–H groups in total. The second-order valence-corrected chi connectivity index (χ2v) is 13.8. The molecule has 1 amide bonds. The van der Waals surface area contributed by atoms with Crippen molar-refractivity contribution in [2.45, 2.75) is 19.6 Å². The van der Waals surface area contributed by atoms with Crippen molar-refractivity contribution in [1.82, 2.24) is 19.8 Å². The summed E-state index contributed by atoms with van der Waals surface area (Å²) in [5.74, 6) is 2.52. The van der Waals surface area contributed by atoms with Crippen molar-refractivity contribution in [3.05, 3.63) is 137 Å². The average Bonchev–Trinajstić information content (AvgIpc) is 3.70. The van der Waals surface area contributed by atoms with Gasteiger partial charge in [-0.25, -0.2) is 14.4 Å². The maximum absolute atomic E-state index is 13.2. The maximum atomic E-state index is 13.2. The number of pyridine rings is 1. The van der Waals surface area contributed by atoms with Gasteiger partial charge in [0, 0.05) is 51.3 Å². The van der Waals surface area contributed by atoms with E-state index in [1.807, 2.05) is 22.5 Å². The summed E-state index contributed by atoms with van der Waals surface area (Å²) >= 11 is 1.60. The van der Waals surface area contributed by atoms with E-state index >= 15 is 0 Å². The number of benzene rings is 4. The van der Waals surface area contributed by atoms with Gasteiger partial charge in [0.15, 0.2) is 11.5 Å². The van der Waals surface area contributed by atoms with Crippen LogP contribution in [0.1, 0.15) is 22.3 Å². The normalized spacial score (nSPS) is 13.0. The first-order valence-electron chi connectivity index (χ1n) is 17.9. The summed E-state index contributed by atoms with van der Waals surface area (Å²) in [6.45, 7) is 4.59. The number of rotatable bonds is 15. The van der Waals surface area contributed by atoms with Crippen LogP contribution in [-0.4, -0.2) is 72.7 Å². The molecule has 0 radical (unpaired) electrons. The van der Waals surface area contributed by atoms with Gasteiger partial charge in [-0.15, -0.1) is 23.7 Å². The van der Waals surface area contributed by atoms with E-state index in [0.29, 0.717) is 60.9 Å². The zero-order chi connectivity index (χ0) is 38.0. The molecule has 10 nitrogen and oxygen atoms in total. The lowest BCUT2D eigenvalue weighted by molar-refractivity contribution is -0.127. The third-order valence-corrected chi connectivity index (χ3v) is 10.00. The highest BCUT2D eigenvalue weighted by atomic mass is 35.5. The standard InChI is InChI=1S/C43H41FN4O6S.ClH/c1-50-38-23-32(24-39(51-2)43(38)54-41-15-13-36(26-45-41)53-28-33-7-14-37-40(25-33)55-29-46-37)8-16-42(49)48-20-18-47(19-21-48)27-31-5-3-30(4-6-31)17-22-52-35-11-9-34(44)10-12-35;/h3-16,23-26,29H,17-22,27-28H2,1-2H3;1H. The lowest BCUT2D eigenvalue weighted by atomic mass is 10.1. The Morgan fingerprint density at radius 3 is 2.20 bits per heavy atom. The van der Waals surface area contributed by atoms with Crippen LogP contribution in [0.2, 0.25) is 0 Å². The van der Waals surface area contributed by atoms with Crippen molar-refractivity contribution in [3.8, 4) is 34.6 Å². The largest absolute Gasteiger partial charge is 0.493 e. The first kappa shape index (κ1) is 40.0. The molecule has 1 aliphatic heterocycles. The number of aromatic nitrogens is 2. The lowest BCUT2D eigenvalue weighted by Crippen LogP contribution is -2.47. The van der Waals surface area contributed by atoms with Crippen LogP contribution in [0.3, 0.4) is 0 Å². The van der Waals surface area contributed by atoms with E-state index in [9.17, 15) is 9.18 Å². The molecule has 7 rings (SSSR count). The Kier molecular flexibility index (Phi) is 13.7. The number of methoxy groups -OCH3 is 2. The molecular weight excluding hydrogens is 755 g/mol. The number of amides is 1. The van der Waals surface area contributed by atoms with Gasteiger partial charge in [-0.3, -0.25) is 9.69 Å². The number of piperazine rings is 1. The lowest BCUT2D eigenvalue weighted by Gasteiger charge is -2.34. The van der Waals surface area contributed by atoms with Crippen LogP contribution >= 0.6 is 23.7 Å². The van der Waals surface area contributed by atoms with E-state index in [0.717, 1.165) is 47.4 Å². The molecular formula is C43H42ClFN4O6S. The Labute approximate surface area is 335 Å². The van der Waals surface area contributed by atoms with Gasteiger partial charge in [0.05, 0.1) is 42.8 Å². The summed E-state index contributed by atoms with van der Waals surface area (Å²) in [5.41, 5.74) is 6.98. The van der Waals surface area contributed by atoms with E-state index < -0.39 is 0 Å². The summed E-state index contributed by atoms with van der Waals surface area (Å²) in [7, 11) is 3.10. The Bertz CT molecular complexity index is 2200. The van der Waals surface area contributed by atoms with Crippen LogP contribution in [0, 0.1) is 5.82 Å². The molecule has 1 aliphatic rings. The first-order chi connectivity index (χ1) is 26.9. The molecule has 290 valence electrons. The predicted octanol–water partition coefficient (Wildman–Crippen LogP) is 8.62. The molecule has 0 unspecified atom stereocenters. The molecule has 2 aromatic heterocycles. The number of hydrogen-bond donors (Lipinski definition) is 0. The predicted molar refractivity (Wildman–Crippen MR) is 218 cm³/mol. The molecule has 0 spiro atoms. The number of carbonyl (C=O) groups is 1. The van der Waals surface area contributed by atoms with Gasteiger partial charge in [0.25, 0.3) is 0 Å². The third-order valence-electron chi connectivity index (χ3n) is 9.20. The number of fused-ring (bicyclic) bond motifs is 1. The summed E-state index contributed by atoms with van der Waals surface area (Å²) in [4.78, 5) is 26.1. The fourth-order valence-corrected chi connectivity index (χ4v) is 6.90. The van der Waals surface area contributed by atoms with Crippen LogP contribution < -0.4 is 23.7 Å². The van der Waals surface area contributed by atoms with Gasteiger partial charge in [0.2, 0.25) is 17.5 Å². The fraction of sp³-hybridized carbons (Fsp3) is 0.233. The number of nitrogens with zero attached hydrogens (tertiary/aromatic N) is 4. The summed E-state index contributed by atoms with van der Waals surface area (Å²) in [5, 5.41) is 0. The van der Waals surface area contributed by atoms with Gasteiger partial charge >= 0.3 is 0 Å². The average molecular weight is 797 g/mol. The van der Waals surface area contributed by atoms with Crippen molar-refractivity contribution in [3.63, 3.8) is 0 Å². The van der Waals surface area contributed by atoms with Gasteiger partial charge < -0.3 is 28.6 Å². The molecule has 0 bridgehead atoms. The first-order valence-corrected chi connectivity index (χ1v) is 18.8. The highest BCUT2D eigenvalue weighted by Crippen LogP contribution is 2.41. The van der Waals surface area contributed by atoms with Crippen LogP contribution in [-0.2, 0) is 24.4 Å². The molecule has 6 aromatic rings. The highest BCUT2D eigenvalue weighted by Gasteiger charge is 2.20. The van der Waals surface area contributed by atoms with Crippen LogP contribution in [0.25, 0.3) is 16.3 Å². The van der Waals surface area contributed by atoms with E-state index in [4.69, 9.17) is 23.7 Å². The number of thiazole rings is 1. The topological polar surface area (TPSA) is 95.5 Å². The van der Waals surface area contributed by atoms with E-state index in [2.05, 4.69) is 45.2 Å². The van der Waals surface area contributed by atoms with Gasteiger partial charge in [-0.1, -0.05) is 30.3 Å². The van der Waals surface area contributed by atoms with Crippen molar-refractivity contribution in [2.24, 2.45) is 0 Å². The second kappa shape index (κ2) is 19.3. The van der Waals surface area contributed by atoms with Crippen molar-refractivity contribution < 1.29 is 32.9 Å². The summed E-state index contributed by atoms with van der Waals surface area (Å²) < 4.78 is 43.3. The zero-order valence-corrected chi connectivity index (χ0v) is 32.7. The van der Waals surface area contributed by atoms with E-state index in [1.165, 1.54) is 23.3 Å². The van der Waals surface area contributed by atoms with Gasteiger partial charge in [-0.05, 0) is 82.9 Å². The molecule has 3 heterocycles. The molecule has 1 fully saturated rings. The zero-order valence-electron chi connectivity index (χ0n) is 31.1. The fourth-order valence-electron chi connectivity index (χ4n) is 6.16. The van der Waals surface area contributed by atoms with Crippen LogP contribution in [0.4, 0.5) is 4.39 Å². The minimum absolute atomic E-state index is 0. The Balaban J connectivity index is 0.00000532. The Hall–Kier alpha value is -5.69. The van der Waals surface area contributed by atoms with Crippen molar-refractivity contribution in [1.29, 1.82) is 0 Å². The quantitative estimate of drug-likeness (QED) is 0.0948.